The first kappa shape index (κ1) is 14.0. The summed E-state index contributed by atoms with van der Waals surface area (Å²) in [4.78, 5) is 14.0. The molecule has 0 fully saturated rings. The van der Waals surface area contributed by atoms with Crippen molar-refractivity contribution < 1.29 is 15.1 Å². The fourth-order valence-corrected chi connectivity index (χ4v) is 2.01. The Morgan fingerprint density at radius 2 is 2.00 bits per heavy atom. The van der Waals surface area contributed by atoms with Gasteiger partial charge in [-0.1, -0.05) is 28.1 Å². The van der Waals surface area contributed by atoms with E-state index in [1.807, 2.05) is 0 Å². The number of nitrogens with zero attached hydrogens (tertiary/aromatic N) is 2. The van der Waals surface area contributed by atoms with Crippen LogP contribution in [0.5, 0.6) is 11.5 Å². The van der Waals surface area contributed by atoms with Crippen molar-refractivity contribution in [3.63, 3.8) is 0 Å². The molecule has 0 amide bonds. The maximum absolute atomic E-state index is 11.9. The summed E-state index contributed by atoms with van der Waals surface area (Å²) in [6.07, 6.45) is 1.19. The van der Waals surface area contributed by atoms with E-state index in [1.54, 1.807) is 18.2 Å². The van der Waals surface area contributed by atoms with Gasteiger partial charge in [-0.2, -0.15) is 0 Å². The Hall–Kier alpha value is -2.41. The van der Waals surface area contributed by atoms with Gasteiger partial charge in [-0.05, 0) is 29.5 Å². The van der Waals surface area contributed by atoms with Crippen LogP contribution in [0.25, 0.3) is 0 Å². The number of nitro groups is 1. The molecule has 0 aliphatic heterocycles. The monoisotopic (exact) mass is 335 g/mol. The number of nitro benzene ring substituents is 1. The molecule has 2 aromatic carbocycles. The predicted molar refractivity (Wildman–Crippen MR) is 75.6 cm³/mol. The zero-order chi connectivity index (χ0) is 14.7. The van der Waals surface area contributed by atoms with Gasteiger partial charge in [-0.15, -0.1) is 0 Å². The zero-order valence-corrected chi connectivity index (χ0v) is 11.6. The van der Waals surface area contributed by atoms with Crippen LogP contribution in [0.2, 0.25) is 0 Å². The molecule has 0 aliphatic carbocycles. The van der Waals surface area contributed by atoms with Crippen molar-refractivity contribution in [2.75, 3.05) is 0 Å². The number of para-hydroxylation sites is 2. The van der Waals surface area contributed by atoms with Crippen LogP contribution in [0.3, 0.4) is 0 Å². The van der Waals surface area contributed by atoms with Gasteiger partial charge in [-0.25, -0.2) is 0 Å². The molecule has 1 N–H and O–H groups in total. The van der Waals surface area contributed by atoms with Gasteiger partial charge in [-0.3, -0.25) is 15.1 Å². The first-order valence-electron chi connectivity index (χ1n) is 5.46. The molecular formula is C13H8BrN2O4-. The van der Waals surface area contributed by atoms with E-state index in [0.717, 1.165) is 6.07 Å². The Kier molecular flexibility index (Phi) is 3.99. The number of hydrogen-bond donors (Lipinski definition) is 1. The number of benzene rings is 2. The number of halogens is 1. The summed E-state index contributed by atoms with van der Waals surface area (Å²) in [7, 11) is 0. The summed E-state index contributed by atoms with van der Waals surface area (Å²) in [5.41, 5.74) is -0.193. The molecular weight excluding hydrogens is 328 g/mol. The highest BCUT2D eigenvalue weighted by Gasteiger charge is 2.11. The second kappa shape index (κ2) is 5.70. The van der Waals surface area contributed by atoms with E-state index in [1.165, 1.54) is 18.3 Å². The van der Waals surface area contributed by atoms with Crippen LogP contribution in [0, 0.1) is 10.1 Å². The van der Waals surface area contributed by atoms with E-state index >= 15 is 0 Å². The Morgan fingerprint density at radius 1 is 1.30 bits per heavy atom. The highest BCUT2D eigenvalue weighted by molar-refractivity contribution is 9.10. The van der Waals surface area contributed by atoms with Gasteiger partial charge in [0.15, 0.2) is 0 Å². The lowest BCUT2D eigenvalue weighted by Crippen LogP contribution is -2.02. The molecule has 0 atom stereocenters. The minimum Gasteiger partial charge on any atom is -0.867 e. The molecule has 7 heteroatoms. The highest BCUT2D eigenvalue weighted by atomic mass is 79.9. The summed E-state index contributed by atoms with van der Waals surface area (Å²) in [6.45, 7) is 0. The van der Waals surface area contributed by atoms with Crippen molar-refractivity contribution in [2.45, 2.75) is 0 Å². The van der Waals surface area contributed by atoms with Gasteiger partial charge < -0.3 is 10.2 Å². The average Bonchev–Trinajstić information content (AvgIpc) is 2.40. The molecule has 0 spiro atoms. The van der Waals surface area contributed by atoms with Crippen molar-refractivity contribution in [1.82, 2.24) is 0 Å². The molecule has 20 heavy (non-hydrogen) atoms. The minimum atomic E-state index is -0.746. The molecule has 0 aromatic heterocycles. The van der Waals surface area contributed by atoms with Crippen molar-refractivity contribution in [1.29, 1.82) is 0 Å². The van der Waals surface area contributed by atoms with Crippen LogP contribution in [-0.2, 0) is 0 Å². The van der Waals surface area contributed by atoms with Crippen LogP contribution >= 0.6 is 15.9 Å². The number of phenols is 1. The van der Waals surface area contributed by atoms with Crippen LogP contribution in [-0.4, -0.2) is 16.2 Å². The van der Waals surface area contributed by atoms with Crippen LogP contribution in [0.1, 0.15) is 5.56 Å². The molecule has 0 saturated heterocycles. The fourth-order valence-electron chi connectivity index (χ4n) is 1.54. The lowest BCUT2D eigenvalue weighted by atomic mass is 10.2. The largest absolute Gasteiger partial charge is 0.867 e. The lowest BCUT2D eigenvalue weighted by Gasteiger charge is -2.10. The third-order valence-corrected chi connectivity index (χ3v) is 2.94. The summed E-state index contributed by atoms with van der Waals surface area (Å²) >= 11 is 3.10. The molecule has 0 unspecified atom stereocenters. The molecule has 2 rings (SSSR count). The molecule has 0 heterocycles. The second-order valence-corrected chi connectivity index (χ2v) is 4.76. The number of aromatic hydroxyl groups is 1. The first-order valence-corrected chi connectivity index (χ1v) is 6.25. The average molecular weight is 336 g/mol. The predicted octanol–water partition coefficient (Wildman–Crippen LogP) is 2.89. The van der Waals surface area contributed by atoms with E-state index in [4.69, 9.17) is 0 Å². The quantitative estimate of drug-likeness (QED) is 0.529. The van der Waals surface area contributed by atoms with Crippen molar-refractivity contribution in [2.24, 2.45) is 4.99 Å². The molecule has 0 saturated carbocycles. The van der Waals surface area contributed by atoms with Crippen LogP contribution < -0.4 is 5.11 Å². The Morgan fingerprint density at radius 3 is 2.65 bits per heavy atom. The molecule has 102 valence electrons. The van der Waals surface area contributed by atoms with E-state index < -0.39 is 16.4 Å². The molecule has 0 radical (unpaired) electrons. The van der Waals surface area contributed by atoms with Gasteiger partial charge in [0, 0.05) is 16.8 Å². The van der Waals surface area contributed by atoms with Crippen LogP contribution in [0.15, 0.2) is 45.9 Å². The molecule has 0 bridgehead atoms. The SMILES string of the molecule is O=[N+]([O-])c1cc(Br)cc(C=Nc2ccccc2O)c1[O-]. The van der Waals surface area contributed by atoms with Crippen LogP contribution in [0.4, 0.5) is 11.4 Å². The van der Waals surface area contributed by atoms with Crippen molar-refractivity contribution >= 4 is 33.5 Å². The fraction of sp³-hybridized carbons (Fsp3) is 0. The smallest absolute Gasteiger partial charge is 0.263 e. The van der Waals surface area contributed by atoms with E-state index in [9.17, 15) is 20.3 Å². The minimum absolute atomic E-state index is 0.0410. The lowest BCUT2D eigenvalue weighted by molar-refractivity contribution is -0.398. The molecule has 0 aliphatic rings. The van der Waals surface area contributed by atoms with Gasteiger partial charge in [0.05, 0.1) is 4.92 Å². The number of hydrogen-bond acceptors (Lipinski definition) is 5. The van der Waals surface area contributed by atoms with Gasteiger partial charge in [0.2, 0.25) is 0 Å². The van der Waals surface area contributed by atoms with Gasteiger partial charge in [0.1, 0.15) is 11.4 Å². The van der Waals surface area contributed by atoms with E-state index in [0.29, 0.717) is 4.47 Å². The van der Waals surface area contributed by atoms with E-state index in [-0.39, 0.29) is 17.0 Å². The normalized spacial score (nSPS) is 10.8. The third kappa shape index (κ3) is 2.94. The maximum atomic E-state index is 11.9. The number of aliphatic imine (C=N–C) groups is 1. The zero-order valence-electron chi connectivity index (χ0n) is 9.99. The van der Waals surface area contributed by atoms with Gasteiger partial charge in [0.25, 0.3) is 5.69 Å². The topological polar surface area (TPSA) is 98.8 Å². The summed E-state index contributed by atoms with van der Waals surface area (Å²) in [6, 6.07) is 8.89. The summed E-state index contributed by atoms with van der Waals surface area (Å²) in [5, 5.41) is 32.2. The maximum Gasteiger partial charge on any atom is 0.263 e. The Labute approximate surface area is 122 Å². The number of rotatable bonds is 3. The second-order valence-electron chi connectivity index (χ2n) is 3.85. The number of phenolic OH excluding ortho intramolecular Hbond substituents is 1. The van der Waals surface area contributed by atoms with Crippen molar-refractivity contribution in [3.05, 3.63) is 56.5 Å². The summed E-state index contributed by atoms with van der Waals surface area (Å²) < 4.78 is 0.405. The standard InChI is InChI=1S/C13H9BrN2O4/c14-9-5-8(13(18)11(6-9)16(19)20)7-15-10-3-1-2-4-12(10)17/h1-7,17-18H/p-1. The van der Waals surface area contributed by atoms with Crippen molar-refractivity contribution in [3.8, 4) is 11.5 Å². The highest BCUT2D eigenvalue weighted by Crippen LogP contribution is 2.31. The third-order valence-electron chi connectivity index (χ3n) is 2.48. The Bertz CT molecular complexity index is 701. The Balaban J connectivity index is 2.44. The summed E-state index contributed by atoms with van der Waals surface area (Å²) in [5.74, 6) is -0.766. The molecule has 6 nitrogen and oxygen atoms in total. The van der Waals surface area contributed by atoms with Gasteiger partial charge >= 0.3 is 0 Å². The van der Waals surface area contributed by atoms with E-state index in [2.05, 4.69) is 20.9 Å². The first-order chi connectivity index (χ1) is 9.49. The molecule has 2 aromatic rings.